The smallest absolute Gasteiger partial charge is 0.134 e. The summed E-state index contributed by atoms with van der Waals surface area (Å²) in [6, 6.07) is 6.19. The summed E-state index contributed by atoms with van der Waals surface area (Å²) in [6.45, 7) is 0. The highest BCUT2D eigenvalue weighted by molar-refractivity contribution is 14.1. The maximum Gasteiger partial charge on any atom is 0.134 e. The van der Waals surface area contributed by atoms with Crippen molar-refractivity contribution < 1.29 is 4.74 Å². The van der Waals surface area contributed by atoms with Crippen molar-refractivity contribution in [3.8, 4) is 11.8 Å². The van der Waals surface area contributed by atoms with Gasteiger partial charge < -0.3 is 4.74 Å². The Bertz CT molecular complexity index is 527. The minimum absolute atomic E-state index is 0.718. The summed E-state index contributed by atoms with van der Waals surface area (Å²) in [5, 5.41) is 12.1. The highest BCUT2D eigenvalue weighted by Gasteiger charge is 2.12. The first kappa shape index (κ1) is 9.74. The van der Waals surface area contributed by atoms with Crippen LogP contribution in [-0.2, 0) is 0 Å². The zero-order valence-electron chi connectivity index (χ0n) is 7.37. The van der Waals surface area contributed by atoms with Gasteiger partial charge in [0.2, 0.25) is 0 Å². The first-order valence-corrected chi connectivity index (χ1v) is 5.87. The molecule has 1 aromatic carbocycles. The van der Waals surface area contributed by atoms with Crippen LogP contribution in [0.2, 0.25) is 0 Å². The van der Waals surface area contributed by atoms with Crippen molar-refractivity contribution in [1.29, 1.82) is 5.26 Å². The number of nitriles is 1. The number of nitrogens with zero attached hydrogens (tertiary/aromatic N) is 1. The Hall–Kier alpha value is -0.800. The van der Waals surface area contributed by atoms with Gasteiger partial charge in [-0.2, -0.15) is 5.26 Å². The van der Waals surface area contributed by atoms with Crippen molar-refractivity contribution in [2.45, 2.75) is 0 Å². The van der Waals surface area contributed by atoms with Crippen LogP contribution < -0.4 is 4.74 Å². The van der Waals surface area contributed by atoms with Crippen LogP contribution in [0.1, 0.15) is 5.56 Å². The van der Waals surface area contributed by atoms with E-state index in [0.29, 0.717) is 0 Å². The maximum atomic E-state index is 9.05. The molecule has 2 rings (SSSR count). The van der Waals surface area contributed by atoms with Crippen molar-refractivity contribution in [3.63, 3.8) is 0 Å². The predicted molar refractivity (Wildman–Crippen MR) is 65.8 cm³/mol. The van der Waals surface area contributed by atoms with Crippen molar-refractivity contribution in [2.75, 3.05) is 7.11 Å². The van der Waals surface area contributed by atoms with Gasteiger partial charge >= 0.3 is 0 Å². The summed E-state index contributed by atoms with van der Waals surface area (Å²) in [5.41, 5.74) is 0.718. The molecule has 1 aromatic heterocycles. The van der Waals surface area contributed by atoms with Crippen molar-refractivity contribution >= 4 is 44.0 Å². The number of hydrogen-bond acceptors (Lipinski definition) is 3. The lowest BCUT2D eigenvalue weighted by atomic mass is 10.2. The van der Waals surface area contributed by atoms with Crippen LogP contribution in [0.15, 0.2) is 17.5 Å². The fourth-order valence-electron chi connectivity index (χ4n) is 1.31. The number of thiophene rings is 1. The molecule has 0 radical (unpaired) electrons. The lowest BCUT2D eigenvalue weighted by molar-refractivity contribution is 0.412. The van der Waals surface area contributed by atoms with Crippen LogP contribution in [0, 0.1) is 14.9 Å². The lowest BCUT2D eigenvalue weighted by Crippen LogP contribution is -1.90. The molecule has 0 aliphatic carbocycles. The van der Waals surface area contributed by atoms with E-state index in [1.54, 1.807) is 18.4 Å². The van der Waals surface area contributed by atoms with Gasteiger partial charge in [-0.3, -0.25) is 0 Å². The molecule has 2 nitrogen and oxygen atoms in total. The second-order valence-corrected chi connectivity index (χ2v) is 4.71. The SMILES string of the molecule is COc1cc2ccsc2c(C#N)c1I. The highest BCUT2D eigenvalue weighted by Crippen LogP contribution is 2.34. The van der Waals surface area contributed by atoms with Gasteiger partial charge in [0.25, 0.3) is 0 Å². The number of halogens is 1. The summed E-state index contributed by atoms with van der Waals surface area (Å²) < 4.78 is 7.14. The third-order valence-electron chi connectivity index (χ3n) is 1.98. The third kappa shape index (κ3) is 1.37. The molecule has 0 unspecified atom stereocenters. The molecular weight excluding hydrogens is 309 g/mol. The second-order valence-electron chi connectivity index (χ2n) is 2.72. The number of benzene rings is 1. The highest BCUT2D eigenvalue weighted by atomic mass is 127. The van der Waals surface area contributed by atoms with E-state index >= 15 is 0 Å². The van der Waals surface area contributed by atoms with E-state index in [1.165, 1.54) is 0 Å². The Labute approximate surface area is 99.3 Å². The van der Waals surface area contributed by atoms with E-state index in [4.69, 9.17) is 10.00 Å². The Morgan fingerprint density at radius 1 is 1.57 bits per heavy atom. The average Bonchev–Trinajstić information content (AvgIpc) is 2.64. The van der Waals surface area contributed by atoms with Crippen LogP contribution in [0.25, 0.3) is 10.1 Å². The standard InChI is InChI=1S/C10H6INOS/c1-13-8-4-6-2-3-14-10(6)7(5-12)9(8)11/h2-4H,1H3. The molecule has 70 valence electrons. The molecule has 0 atom stereocenters. The summed E-state index contributed by atoms with van der Waals surface area (Å²) in [5.74, 6) is 0.771. The fraction of sp³-hybridized carbons (Fsp3) is 0.100. The van der Waals surface area contributed by atoms with E-state index in [1.807, 2.05) is 17.5 Å². The van der Waals surface area contributed by atoms with Gasteiger partial charge in [0, 0.05) is 0 Å². The normalized spacial score (nSPS) is 10.1. The van der Waals surface area contributed by atoms with E-state index in [0.717, 1.165) is 25.0 Å². The molecule has 0 amide bonds. The minimum atomic E-state index is 0.718. The fourth-order valence-corrected chi connectivity index (χ4v) is 3.14. The molecule has 0 bridgehead atoms. The van der Waals surface area contributed by atoms with Gasteiger partial charge in [-0.15, -0.1) is 11.3 Å². The number of rotatable bonds is 1. The van der Waals surface area contributed by atoms with Gasteiger partial charge in [-0.1, -0.05) is 0 Å². The van der Waals surface area contributed by atoms with Crippen LogP contribution in [0.3, 0.4) is 0 Å². The molecule has 0 aliphatic rings. The van der Waals surface area contributed by atoms with Gasteiger partial charge in [-0.25, -0.2) is 0 Å². The number of hydrogen-bond donors (Lipinski definition) is 0. The van der Waals surface area contributed by atoms with Crippen molar-refractivity contribution in [3.05, 3.63) is 26.6 Å². The first-order valence-electron chi connectivity index (χ1n) is 3.91. The molecule has 0 aliphatic heterocycles. The molecule has 1 heterocycles. The quantitative estimate of drug-likeness (QED) is 0.756. The molecule has 0 fully saturated rings. The van der Waals surface area contributed by atoms with Gasteiger partial charge in [0.1, 0.15) is 11.8 Å². The molecular formula is C10H6INOS. The molecule has 14 heavy (non-hydrogen) atoms. The second kappa shape index (κ2) is 3.75. The van der Waals surface area contributed by atoms with Gasteiger partial charge in [-0.05, 0) is 45.5 Å². The van der Waals surface area contributed by atoms with E-state index < -0.39 is 0 Å². The molecule has 2 aromatic rings. The summed E-state index contributed by atoms with van der Waals surface area (Å²) in [7, 11) is 1.62. The first-order chi connectivity index (χ1) is 6.77. The zero-order chi connectivity index (χ0) is 10.1. The maximum absolute atomic E-state index is 9.05. The Morgan fingerprint density at radius 2 is 2.36 bits per heavy atom. The lowest BCUT2D eigenvalue weighted by Gasteiger charge is -2.05. The number of ether oxygens (including phenoxy) is 1. The molecule has 0 N–H and O–H groups in total. The largest absolute Gasteiger partial charge is 0.496 e. The average molecular weight is 315 g/mol. The molecule has 4 heteroatoms. The van der Waals surface area contributed by atoms with Crippen molar-refractivity contribution in [1.82, 2.24) is 0 Å². The van der Waals surface area contributed by atoms with Crippen molar-refractivity contribution in [2.24, 2.45) is 0 Å². The topological polar surface area (TPSA) is 33.0 Å². The minimum Gasteiger partial charge on any atom is -0.496 e. The molecule has 0 saturated carbocycles. The summed E-state index contributed by atoms with van der Waals surface area (Å²) >= 11 is 3.73. The summed E-state index contributed by atoms with van der Waals surface area (Å²) in [6.07, 6.45) is 0. The number of fused-ring (bicyclic) bond motifs is 1. The Morgan fingerprint density at radius 3 is 3.00 bits per heavy atom. The monoisotopic (exact) mass is 315 g/mol. The van der Waals surface area contributed by atoms with Crippen LogP contribution in [0.5, 0.6) is 5.75 Å². The third-order valence-corrected chi connectivity index (χ3v) is 4.00. The van der Waals surface area contributed by atoms with Crippen LogP contribution in [0.4, 0.5) is 0 Å². The Balaban J connectivity index is 2.89. The van der Waals surface area contributed by atoms with Gasteiger partial charge in [0.05, 0.1) is 20.9 Å². The Kier molecular flexibility index (Phi) is 2.61. The van der Waals surface area contributed by atoms with E-state index in [2.05, 4.69) is 28.7 Å². The van der Waals surface area contributed by atoms with Crippen LogP contribution >= 0.6 is 33.9 Å². The molecule has 0 spiro atoms. The summed E-state index contributed by atoms with van der Waals surface area (Å²) in [4.78, 5) is 0. The van der Waals surface area contributed by atoms with Gasteiger partial charge in [0.15, 0.2) is 0 Å². The van der Waals surface area contributed by atoms with Crippen LogP contribution in [-0.4, -0.2) is 7.11 Å². The zero-order valence-corrected chi connectivity index (χ0v) is 10.3. The molecule has 0 saturated heterocycles. The predicted octanol–water partition coefficient (Wildman–Crippen LogP) is 3.39. The van der Waals surface area contributed by atoms with E-state index in [9.17, 15) is 0 Å². The van der Waals surface area contributed by atoms with E-state index in [-0.39, 0.29) is 0 Å². The number of methoxy groups -OCH3 is 1.